The minimum atomic E-state index is -4.43. The molecular formula is C10H17F3N4S. The number of rotatable bonds is 6. The van der Waals surface area contributed by atoms with Crippen LogP contribution in [0.3, 0.4) is 0 Å². The molecule has 18 heavy (non-hydrogen) atoms. The maximum atomic E-state index is 12.3. The SMILES string of the molecule is CCC(CC)(CN)CNc1nnc(C(F)(F)F)s1. The van der Waals surface area contributed by atoms with Crippen molar-refractivity contribution < 1.29 is 13.2 Å². The second-order valence-corrected chi connectivity index (χ2v) is 5.15. The number of nitrogens with zero attached hydrogens (tertiary/aromatic N) is 2. The van der Waals surface area contributed by atoms with Crippen molar-refractivity contribution in [2.45, 2.75) is 32.9 Å². The summed E-state index contributed by atoms with van der Waals surface area (Å²) in [6.45, 7) is 5.01. The predicted molar refractivity (Wildman–Crippen MR) is 65.5 cm³/mol. The number of nitrogens with two attached hydrogens (primary N) is 1. The Kier molecular flexibility index (Phi) is 4.92. The Hall–Kier alpha value is -0.890. The highest BCUT2D eigenvalue weighted by Crippen LogP contribution is 2.33. The molecule has 0 fully saturated rings. The molecule has 0 amide bonds. The third-order valence-corrected chi connectivity index (χ3v) is 4.14. The van der Waals surface area contributed by atoms with E-state index in [1.165, 1.54) is 0 Å². The van der Waals surface area contributed by atoms with Crippen LogP contribution in [-0.4, -0.2) is 23.3 Å². The summed E-state index contributed by atoms with van der Waals surface area (Å²) in [6, 6.07) is 0. The predicted octanol–water partition coefficient (Wildman–Crippen LogP) is 2.73. The lowest BCUT2D eigenvalue weighted by molar-refractivity contribution is -0.138. The van der Waals surface area contributed by atoms with Crippen LogP contribution in [0.25, 0.3) is 0 Å². The Labute approximate surface area is 108 Å². The maximum absolute atomic E-state index is 12.3. The first-order valence-electron chi connectivity index (χ1n) is 5.71. The minimum Gasteiger partial charge on any atom is -0.359 e. The zero-order valence-corrected chi connectivity index (χ0v) is 11.2. The van der Waals surface area contributed by atoms with Crippen molar-refractivity contribution >= 4 is 16.5 Å². The van der Waals surface area contributed by atoms with Crippen LogP contribution in [0.15, 0.2) is 0 Å². The number of aromatic nitrogens is 2. The Morgan fingerprint density at radius 3 is 2.22 bits per heavy atom. The number of anilines is 1. The van der Waals surface area contributed by atoms with Gasteiger partial charge >= 0.3 is 6.18 Å². The van der Waals surface area contributed by atoms with Gasteiger partial charge in [-0.25, -0.2) is 0 Å². The summed E-state index contributed by atoms with van der Waals surface area (Å²) in [7, 11) is 0. The van der Waals surface area contributed by atoms with Crippen LogP contribution < -0.4 is 11.1 Å². The lowest BCUT2D eigenvalue weighted by atomic mass is 9.82. The quantitative estimate of drug-likeness (QED) is 0.842. The Morgan fingerprint density at radius 1 is 1.22 bits per heavy atom. The van der Waals surface area contributed by atoms with Crippen molar-refractivity contribution in [1.82, 2.24) is 10.2 Å². The van der Waals surface area contributed by atoms with Gasteiger partial charge in [0.05, 0.1) is 0 Å². The average molecular weight is 282 g/mol. The van der Waals surface area contributed by atoms with Gasteiger partial charge in [0.2, 0.25) is 10.1 Å². The fourth-order valence-corrected chi connectivity index (χ4v) is 2.14. The van der Waals surface area contributed by atoms with E-state index in [4.69, 9.17) is 5.73 Å². The van der Waals surface area contributed by atoms with Crippen molar-refractivity contribution in [3.8, 4) is 0 Å². The third kappa shape index (κ3) is 3.55. The molecule has 0 aliphatic rings. The molecule has 0 aliphatic heterocycles. The summed E-state index contributed by atoms with van der Waals surface area (Å²) in [5, 5.41) is 8.74. The first-order valence-corrected chi connectivity index (χ1v) is 6.53. The highest BCUT2D eigenvalue weighted by Gasteiger charge is 2.36. The first kappa shape index (κ1) is 15.2. The summed E-state index contributed by atoms with van der Waals surface area (Å²) in [4.78, 5) is 0. The van der Waals surface area contributed by atoms with E-state index in [9.17, 15) is 13.2 Å². The Bertz CT molecular complexity index is 365. The van der Waals surface area contributed by atoms with E-state index in [0.29, 0.717) is 24.4 Å². The van der Waals surface area contributed by atoms with E-state index in [1.807, 2.05) is 13.8 Å². The number of nitrogens with one attached hydrogen (secondary N) is 1. The van der Waals surface area contributed by atoms with E-state index in [0.717, 1.165) is 12.8 Å². The van der Waals surface area contributed by atoms with E-state index >= 15 is 0 Å². The molecule has 1 aromatic rings. The van der Waals surface area contributed by atoms with E-state index in [1.54, 1.807) is 0 Å². The second kappa shape index (κ2) is 5.83. The van der Waals surface area contributed by atoms with E-state index < -0.39 is 11.2 Å². The number of hydrogen-bond acceptors (Lipinski definition) is 5. The van der Waals surface area contributed by atoms with Gasteiger partial charge in [-0.3, -0.25) is 0 Å². The Morgan fingerprint density at radius 2 is 1.83 bits per heavy atom. The molecule has 1 aromatic heterocycles. The monoisotopic (exact) mass is 282 g/mol. The summed E-state index contributed by atoms with van der Waals surface area (Å²) in [5.74, 6) is 0. The molecule has 0 aliphatic carbocycles. The van der Waals surface area contributed by atoms with Gasteiger partial charge in [-0.05, 0) is 24.8 Å². The van der Waals surface area contributed by atoms with Crippen LogP contribution >= 0.6 is 11.3 Å². The number of halogens is 3. The molecule has 0 bridgehead atoms. The Balaban J connectivity index is 2.66. The summed E-state index contributed by atoms with van der Waals surface area (Å²) in [5.41, 5.74) is 5.61. The normalized spacial score (nSPS) is 12.8. The van der Waals surface area contributed by atoms with Crippen molar-refractivity contribution in [3.63, 3.8) is 0 Å². The first-order chi connectivity index (χ1) is 8.37. The maximum Gasteiger partial charge on any atom is 0.445 e. The van der Waals surface area contributed by atoms with Crippen LogP contribution in [0.5, 0.6) is 0 Å². The van der Waals surface area contributed by atoms with Crippen molar-refractivity contribution in [2.24, 2.45) is 11.1 Å². The molecular weight excluding hydrogens is 265 g/mol. The molecule has 0 unspecified atom stereocenters. The van der Waals surface area contributed by atoms with Crippen LogP contribution in [-0.2, 0) is 6.18 Å². The van der Waals surface area contributed by atoms with Crippen LogP contribution in [0.1, 0.15) is 31.7 Å². The summed E-state index contributed by atoms with van der Waals surface area (Å²) in [6.07, 6.45) is -2.71. The third-order valence-electron chi connectivity index (χ3n) is 3.22. The van der Waals surface area contributed by atoms with Gasteiger partial charge in [-0.1, -0.05) is 25.2 Å². The molecule has 104 valence electrons. The lowest BCUT2D eigenvalue weighted by Crippen LogP contribution is -2.36. The summed E-state index contributed by atoms with van der Waals surface area (Å²) >= 11 is 0.513. The zero-order valence-electron chi connectivity index (χ0n) is 10.3. The van der Waals surface area contributed by atoms with Gasteiger partial charge in [0.1, 0.15) is 0 Å². The molecule has 0 saturated heterocycles. The van der Waals surface area contributed by atoms with Gasteiger partial charge in [-0.2, -0.15) is 13.2 Å². The highest BCUT2D eigenvalue weighted by molar-refractivity contribution is 7.15. The molecule has 3 N–H and O–H groups in total. The van der Waals surface area contributed by atoms with Crippen molar-refractivity contribution in [1.29, 1.82) is 0 Å². The van der Waals surface area contributed by atoms with Gasteiger partial charge in [0, 0.05) is 6.54 Å². The molecule has 4 nitrogen and oxygen atoms in total. The van der Waals surface area contributed by atoms with Gasteiger partial charge < -0.3 is 11.1 Å². The fraction of sp³-hybridized carbons (Fsp3) is 0.800. The molecule has 0 saturated carbocycles. The lowest BCUT2D eigenvalue weighted by Gasteiger charge is -2.29. The standard InChI is InChI=1S/C10H17F3N4S/c1-3-9(4-2,5-14)6-15-8-17-16-7(18-8)10(11,12)13/h3-6,14H2,1-2H3,(H,15,17). The fourth-order valence-electron chi connectivity index (χ4n) is 1.53. The van der Waals surface area contributed by atoms with E-state index in [-0.39, 0.29) is 10.5 Å². The molecule has 1 rings (SSSR count). The van der Waals surface area contributed by atoms with E-state index in [2.05, 4.69) is 15.5 Å². The van der Waals surface area contributed by atoms with Crippen LogP contribution in [0.2, 0.25) is 0 Å². The van der Waals surface area contributed by atoms with Crippen LogP contribution in [0, 0.1) is 5.41 Å². The van der Waals surface area contributed by atoms with Crippen LogP contribution in [0.4, 0.5) is 18.3 Å². The molecule has 0 atom stereocenters. The number of alkyl halides is 3. The average Bonchev–Trinajstić information content (AvgIpc) is 2.80. The molecule has 1 heterocycles. The molecule has 0 aromatic carbocycles. The number of hydrogen-bond donors (Lipinski definition) is 2. The highest BCUT2D eigenvalue weighted by atomic mass is 32.1. The molecule has 0 radical (unpaired) electrons. The molecule has 0 spiro atoms. The van der Waals surface area contributed by atoms with Gasteiger partial charge in [0.15, 0.2) is 0 Å². The van der Waals surface area contributed by atoms with Gasteiger partial charge in [-0.15, -0.1) is 10.2 Å². The van der Waals surface area contributed by atoms with Crippen molar-refractivity contribution in [3.05, 3.63) is 5.01 Å². The topological polar surface area (TPSA) is 63.8 Å². The van der Waals surface area contributed by atoms with Gasteiger partial charge in [0.25, 0.3) is 0 Å². The summed E-state index contributed by atoms with van der Waals surface area (Å²) < 4.78 is 37.0. The largest absolute Gasteiger partial charge is 0.445 e. The zero-order chi connectivity index (χ0) is 13.8. The van der Waals surface area contributed by atoms with Crippen molar-refractivity contribution in [2.75, 3.05) is 18.4 Å². The second-order valence-electron chi connectivity index (χ2n) is 4.17. The minimum absolute atomic E-state index is 0.107. The smallest absolute Gasteiger partial charge is 0.359 e. The molecule has 8 heteroatoms.